The molecule has 0 saturated carbocycles. The van der Waals surface area contributed by atoms with Gasteiger partial charge in [0.1, 0.15) is 0 Å². The fraction of sp³-hybridized carbons (Fsp3) is 0.263. The van der Waals surface area contributed by atoms with Gasteiger partial charge in [-0.05, 0) is 56.2 Å². The predicted molar refractivity (Wildman–Crippen MR) is 94.6 cm³/mol. The number of amides is 2. The Bertz CT molecular complexity index is 759. The van der Waals surface area contributed by atoms with Crippen molar-refractivity contribution in [3.8, 4) is 11.5 Å². The Hall–Kier alpha value is -3.02. The Morgan fingerprint density at radius 1 is 0.920 bits per heavy atom. The van der Waals surface area contributed by atoms with E-state index in [1.54, 1.807) is 30.3 Å². The van der Waals surface area contributed by atoms with Crippen LogP contribution in [0.5, 0.6) is 11.5 Å². The molecule has 0 heterocycles. The molecule has 6 nitrogen and oxygen atoms in total. The smallest absolute Gasteiger partial charge is 0.276 e. The number of para-hydroxylation sites is 2. The van der Waals surface area contributed by atoms with Crippen molar-refractivity contribution in [2.24, 2.45) is 0 Å². The highest BCUT2D eigenvalue weighted by molar-refractivity contribution is 5.95. The van der Waals surface area contributed by atoms with E-state index in [1.807, 2.05) is 32.9 Å². The topological polar surface area (TPSA) is 76.7 Å². The lowest BCUT2D eigenvalue weighted by atomic mass is 10.1. The molecule has 0 aliphatic heterocycles. The SMILES string of the molecule is CCOc1ccccc1OCC(=O)NNC(=O)c1ccc(C)c(C)c1. The number of aryl methyl sites for hydroxylation is 2. The minimum absolute atomic E-state index is 0.239. The van der Waals surface area contributed by atoms with E-state index in [0.717, 1.165) is 11.1 Å². The maximum absolute atomic E-state index is 12.0. The van der Waals surface area contributed by atoms with Crippen LogP contribution in [0.3, 0.4) is 0 Å². The van der Waals surface area contributed by atoms with E-state index in [0.29, 0.717) is 23.7 Å². The van der Waals surface area contributed by atoms with Gasteiger partial charge in [0.15, 0.2) is 18.1 Å². The summed E-state index contributed by atoms with van der Waals surface area (Å²) in [5, 5.41) is 0. The van der Waals surface area contributed by atoms with Gasteiger partial charge in [0.05, 0.1) is 6.61 Å². The first-order chi connectivity index (χ1) is 12.0. The van der Waals surface area contributed by atoms with Crippen LogP contribution in [0.4, 0.5) is 0 Å². The Morgan fingerprint density at radius 2 is 1.60 bits per heavy atom. The molecular formula is C19H22N2O4. The third kappa shape index (κ3) is 5.24. The Balaban J connectivity index is 1.84. The van der Waals surface area contributed by atoms with Crippen LogP contribution >= 0.6 is 0 Å². The third-order valence-electron chi connectivity index (χ3n) is 3.59. The zero-order valence-corrected chi connectivity index (χ0v) is 14.6. The molecule has 0 aromatic heterocycles. The van der Waals surface area contributed by atoms with Crippen molar-refractivity contribution in [3.63, 3.8) is 0 Å². The zero-order valence-electron chi connectivity index (χ0n) is 14.6. The van der Waals surface area contributed by atoms with Gasteiger partial charge in [0.2, 0.25) is 0 Å². The first kappa shape index (κ1) is 18.3. The van der Waals surface area contributed by atoms with E-state index < -0.39 is 5.91 Å². The number of carbonyl (C=O) groups is 2. The molecule has 0 radical (unpaired) electrons. The summed E-state index contributed by atoms with van der Waals surface area (Å²) in [6.45, 7) is 6.02. The van der Waals surface area contributed by atoms with Crippen LogP contribution in [-0.2, 0) is 4.79 Å². The third-order valence-corrected chi connectivity index (χ3v) is 3.59. The number of hydrogen-bond donors (Lipinski definition) is 2. The van der Waals surface area contributed by atoms with E-state index in [1.165, 1.54) is 0 Å². The summed E-state index contributed by atoms with van der Waals surface area (Å²) in [5.74, 6) is 0.187. The van der Waals surface area contributed by atoms with Crippen molar-refractivity contribution in [3.05, 3.63) is 59.2 Å². The molecule has 2 amide bonds. The molecule has 132 valence electrons. The maximum atomic E-state index is 12.0. The van der Waals surface area contributed by atoms with Gasteiger partial charge >= 0.3 is 0 Å². The number of nitrogens with one attached hydrogen (secondary N) is 2. The molecule has 0 atom stereocenters. The van der Waals surface area contributed by atoms with Gasteiger partial charge in [-0.3, -0.25) is 20.4 Å². The summed E-state index contributed by atoms with van der Waals surface area (Å²) in [4.78, 5) is 23.9. The zero-order chi connectivity index (χ0) is 18.2. The summed E-state index contributed by atoms with van der Waals surface area (Å²) in [6.07, 6.45) is 0. The first-order valence-electron chi connectivity index (χ1n) is 8.02. The van der Waals surface area contributed by atoms with Crippen molar-refractivity contribution in [1.29, 1.82) is 0 Å². The molecule has 0 bridgehead atoms. The number of ether oxygens (including phenoxy) is 2. The van der Waals surface area contributed by atoms with Crippen molar-refractivity contribution in [2.75, 3.05) is 13.2 Å². The summed E-state index contributed by atoms with van der Waals surface area (Å²) in [5.41, 5.74) is 7.29. The Morgan fingerprint density at radius 3 is 2.24 bits per heavy atom. The highest BCUT2D eigenvalue weighted by Crippen LogP contribution is 2.26. The van der Waals surface area contributed by atoms with Crippen molar-refractivity contribution in [2.45, 2.75) is 20.8 Å². The van der Waals surface area contributed by atoms with Crippen LogP contribution in [0.2, 0.25) is 0 Å². The Labute approximate surface area is 147 Å². The van der Waals surface area contributed by atoms with Crippen LogP contribution in [0.25, 0.3) is 0 Å². The summed E-state index contributed by atoms with van der Waals surface area (Å²) < 4.78 is 10.9. The number of hydrazine groups is 1. The largest absolute Gasteiger partial charge is 0.490 e. The maximum Gasteiger partial charge on any atom is 0.276 e. The molecule has 0 unspecified atom stereocenters. The van der Waals surface area contributed by atoms with Crippen LogP contribution in [0, 0.1) is 13.8 Å². The van der Waals surface area contributed by atoms with Crippen molar-refractivity contribution in [1.82, 2.24) is 10.9 Å². The van der Waals surface area contributed by atoms with Gasteiger partial charge < -0.3 is 9.47 Å². The number of benzene rings is 2. The van der Waals surface area contributed by atoms with Gasteiger partial charge in [-0.2, -0.15) is 0 Å². The number of rotatable bonds is 6. The van der Waals surface area contributed by atoms with Crippen LogP contribution < -0.4 is 20.3 Å². The second kappa shape index (κ2) is 8.73. The van der Waals surface area contributed by atoms with Gasteiger partial charge in [0, 0.05) is 5.56 Å². The van der Waals surface area contributed by atoms with Crippen molar-refractivity contribution >= 4 is 11.8 Å². The summed E-state index contributed by atoms with van der Waals surface area (Å²) in [7, 11) is 0. The quantitative estimate of drug-likeness (QED) is 0.791. The molecule has 25 heavy (non-hydrogen) atoms. The number of hydrogen-bond acceptors (Lipinski definition) is 4. The van der Waals surface area contributed by atoms with Gasteiger partial charge in [0.25, 0.3) is 11.8 Å². The average Bonchev–Trinajstić information content (AvgIpc) is 2.61. The minimum Gasteiger partial charge on any atom is -0.490 e. The molecule has 0 saturated heterocycles. The van der Waals surface area contributed by atoms with Gasteiger partial charge in [-0.1, -0.05) is 18.2 Å². The predicted octanol–water partition coefficient (Wildman–Crippen LogP) is 2.54. The fourth-order valence-corrected chi connectivity index (χ4v) is 2.10. The monoisotopic (exact) mass is 342 g/mol. The standard InChI is InChI=1S/C19H22N2O4/c1-4-24-16-7-5-6-8-17(16)25-12-18(22)20-21-19(23)15-10-9-13(2)14(3)11-15/h5-11H,4,12H2,1-3H3,(H,20,22)(H,21,23). The van der Waals surface area contributed by atoms with Crippen LogP contribution in [0.15, 0.2) is 42.5 Å². The van der Waals surface area contributed by atoms with Crippen LogP contribution in [0.1, 0.15) is 28.4 Å². The minimum atomic E-state index is -0.469. The highest BCUT2D eigenvalue weighted by atomic mass is 16.5. The molecule has 0 spiro atoms. The average molecular weight is 342 g/mol. The molecule has 2 aromatic carbocycles. The second-order valence-electron chi connectivity index (χ2n) is 5.47. The van der Waals surface area contributed by atoms with E-state index in [9.17, 15) is 9.59 Å². The van der Waals surface area contributed by atoms with E-state index in [-0.39, 0.29) is 12.5 Å². The summed E-state index contributed by atoms with van der Waals surface area (Å²) in [6, 6.07) is 12.4. The normalized spacial score (nSPS) is 10.0. The van der Waals surface area contributed by atoms with Gasteiger partial charge in [-0.25, -0.2) is 0 Å². The molecule has 2 aromatic rings. The first-order valence-corrected chi connectivity index (χ1v) is 8.02. The molecule has 2 rings (SSSR count). The highest BCUT2D eigenvalue weighted by Gasteiger charge is 2.10. The van der Waals surface area contributed by atoms with E-state index in [4.69, 9.17) is 9.47 Å². The lowest BCUT2D eigenvalue weighted by Gasteiger charge is -2.12. The molecule has 0 aliphatic rings. The van der Waals surface area contributed by atoms with E-state index >= 15 is 0 Å². The van der Waals surface area contributed by atoms with Crippen LogP contribution in [-0.4, -0.2) is 25.0 Å². The lowest BCUT2D eigenvalue weighted by Crippen LogP contribution is -2.43. The Kier molecular flexibility index (Phi) is 6.39. The second-order valence-corrected chi connectivity index (χ2v) is 5.47. The molecule has 2 N–H and O–H groups in total. The molecule has 0 aliphatic carbocycles. The fourth-order valence-electron chi connectivity index (χ4n) is 2.10. The molecule has 0 fully saturated rings. The summed E-state index contributed by atoms with van der Waals surface area (Å²) >= 11 is 0. The number of carbonyl (C=O) groups excluding carboxylic acids is 2. The molecule has 6 heteroatoms. The van der Waals surface area contributed by atoms with E-state index in [2.05, 4.69) is 10.9 Å². The van der Waals surface area contributed by atoms with Gasteiger partial charge in [-0.15, -0.1) is 0 Å². The lowest BCUT2D eigenvalue weighted by molar-refractivity contribution is -0.123. The molecular weight excluding hydrogens is 320 g/mol. The van der Waals surface area contributed by atoms with Crippen molar-refractivity contribution < 1.29 is 19.1 Å².